The predicted molar refractivity (Wildman–Crippen MR) is 59.1 cm³/mol. The van der Waals surface area contributed by atoms with Crippen molar-refractivity contribution in [1.29, 1.82) is 0 Å². The van der Waals surface area contributed by atoms with Crippen molar-refractivity contribution in [3.8, 4) is 0 Å². The summed E-state index contributed by atoms with van der Waals surface area (Å²) in [7, 11) is 0. The average Bonchev–Trinajstić information content (AvgIpc) is 2.04. The number of carbonyl (C=O) groups is 3. The topological polar surface area (TPSA) is 173 Å². The molecule has 0 saturated carbocycles. The minimum absolute atomic E-state index is 1.75. The molecule has 6 N–H and O–H groups in total. The normalized spacial score (nSPS) is 5.24. The van der Waals surface area contributed by atoms with Crippen LogP contribution in [0.15, 0.2) is 25.8 Å². The highest BCUT2D eigenvalue weighted by Gasteiger charge is 1.70. The van der Waals surface area contributed by atoms with E-state index in [-0.39, 0.29) is 0 Å². The molecule has 0 amide bonds. The second-order valence-corrected chi connectivity index (χ2v) is 1.26. The zero-order valence-corrected chi connectivity index (χ0v) is 9.11. The molecule has 0 atom stereocenters. The molecule has 0 bridgehead atoms. The Hall–Kier alpha value is -2.71. The van der Waals surface area contributed by atoms with E-state index in [4.69, 9.17) is 45.0 Å². The molecule has 102 valence electrons. The summed E-state index contributed by atoms with van der Waals surface area (Å²) in [6.07, 6.45) is -3.75. The molecule has 0 saturated heterocycles. The highest BCUT2D eigenvalue weighted by Crippen LogP contribution is 1.43. The Labute approximate surface area is 97.2 Å². The van der Waals surface area contributed by atoms with Crippen molar-refractivity contribution in [3.63, 3.8) is 0 Å². The first-order chi connectivity index (χ1) is 7.61. The minimum atomic E-state index is -1.83. The van der Waals surface area contributed by atoms with Crippen molar-refractivity contribution in [1.82, 2.24) is 0 Å². The Bertz CT molecular complexity index is 159. The quantitative estimate of drug-likeness (QED) is 0.356. The highest BCUT2D eigenvalue weighted by atomic mass is 16.6. The highest BCUT2D eigenvalue weighted by molar-refractivity contribution is 5.53. The van der Waals surface area contributed by atoms with Gasteiger partial charge in [-0.25, -0.2) is 14.4 Å². The maximum atomic E-state index is 8.56. The summed E-state index contributed by atoms with van der Waals surface area (Å²) in [5.74, 6) is 0. The van der Waals surface area contributed by atoms with Gasteiger partial charge in [0, 0.05) is 0 Å². The van der Waals surface area contributed by atoms with Crippen LogP contribution in [0.3, 0.4) is 0 Å². The van der Waals surface area contributed by atoms with Crippen molar-refractivity contribution < 1.29 is 45.0 Å². The van der Waals surface area contributed by atoms with Crippen LogP contribution in [-0.4, -0.2) is 49.1 Å². The van der Waals surface area contributed by atoms with Gasteiger partial charge in [0.1, 0.15) is 0 Å². The Kier molecular flexibility index (Phi) is 65.0. The summed E-state index contributed by atoms with van der Waals surface area (Å²) in [5, 5.41) is 41.8. The Morgan fingerprint density at radius 2 is 0.765 bits per heavy atom. The second kappa shape index (κ2) is 37.8. The van der Waals surface area contributed by atoms with Crippen LogP contribution in [0.2, 0.25) is 0 Å². The van der Waals surface area contributed by atoms with E-state index >= 15 is 0 Å². The lowest BCUT2D eigenvalue weighted by atomic mass is 10.8. The van der Waals surface area contributed by atoms with Crippen LogP contribution in [0, 0.1) is 0 Å². The summed E-state index contributed by atoms with van der Waals surface area (Å²) < 4.78 is 0. The second-order valence-electron chi connectivity index (χ2n) is 1.26. The lowest BCUT2D eigenvalue weighted by molar-refractivity contribution is 0.135. The van der Waals surface area contributed by atoms with E-state index in [2.05, 4.69) is 19.7 Å². The number of carboxylic acid groups (broad SMARTS) is 6. The molecule has 0 unspecified atom stereocenters. The van der Waals surface area contributed by atoms with Crippen LogP contribution in [0.1, 0.15) is 6.92 Å². The van der Waals surface area contributed by atoms with Crippen molar-refractivity contribution in [2.45, 2.75) is 6.92 Å². The third-order valence-electron chi connectivity index (χ3n) is 0. The zero-order valence-electron chi connectivity index (χ0n) is 9.11. The zero-order chi connectivity index (χ0) is 15.4. The Morgan fingerprint density at radius 3 is 0.765 bits per heavy atom. The van der Waals surface area contributed by atoms with E-state index in [0.29, 0.717) is 0 Å². The fourth-order valence-electron chi connectivity index (χ4n) is 0. The first kappa shape index (κ1) is 29.2. The monoisotopic (exact) mass is 256 g/mol. The fourth-order valence-corrected chi connectivity index (χ4v) is 0. The summed E-state index contributed by atoms with van der Waals surface area (Å²) in [4.78, 5) is 25.7. The van der Waals surface area contributed by atoms with Gasteiger partial charge in [-0.3, -0.25) is 0 Å². The SMILES string of the molecule is C=C.C=CC.O=C(O)O.O=C(O)O.O=C(O)O. The number of hydrogen-bond donors (Lipinski definition) is 6. The lowest BCUT2D eigenvalue weighted by Crippen LogP contribution is -1.81. The molecule has 0 aromatic carbocycles. The number of hydrogen-bond acceptors (Lipinski definition) is 3. The Balaban J connectivity index is -0.0000000361. The van der Waals surface area contributed by atoms with Gasteiger partial charge in [-0.05, 0) is 6.92 Å². The molecule has 0 aliphatic carbocycles. The van der Waals surface area contributed by atoms with Gasteiger partial charge in [-0.15, -0.1) is 19.7 Å². The van der Waals surface area contributed by atoms with E-state index in [1.807, 2.05) is 6.92 Å². The summed E-state index contributed by atoms with van der Waals surface area (Å²) in [6, 6.07) is 0. The van der Waals surface area contributed by atoms with Crippen molar-refractivity contribution >= 4 is 18.5 Å². The van der Waals surface area contributed by atoms with Gasteiger partial charge >= 0.3 is 18.5 Å². The summed E-state index contributed by atoms with van der Waals surface area (Å²) in [6.45, 7) is 11.2. The van der Waals surface area contributed by atoms with Crippen LogP contribution < -0.4 is 0 Å². The Morgan fingerprint density at radius 1 is 0.765 bits per heavy atom. The van der Waals surface area contributed by atoms with Crippen molar-refractivity contribution in [2.75, 3.05) is 0 Å². The number of allylic oxidation sites excluding steroid dienone is 1. The van der Waals surface area contributed by atoms with Crippen molar-refractivity contribution in [2.24, 2.45) is 0 Å². The first-order valence-corrected chi connectivity index (χ1v) is 3.44. The fraction of sp³-hybridized carbons (Fsp3) is 0.125. The van der Waals surface area contributed by atoms with Gasteiger partial charge in [0.15, 0.2) is 0 Å². The molecule has 0 spiro atoms. The van der Waals surface area contributed by atoms with E-state index in [9.17, 15) is 0 Å². The molecule has 0 fully saturated rings. The van der Waals surface area contributed by atoms with E-state index in [1.165, 1.54) is 0 Å². The largest absolute Gasteiger partial charge is 0.503 e. The molecular weight excluding hydrogens is 240 g/mol. The summed E-state index contributed by atoms with van der Waals surface area (Å²) >= 11 is 0. The maximum Gasteiger partial charge on any atom is 0.503 e. The van der Waals surface area contributed by atoms with Gasteiger partial charge in [0.2, 0.25) is 0 Å². The molecular formula is C8H16O9. The van der Waals surface area contributed by atoms with Gasteiger partial charge in [-0.2, -0.15) is 0 Å². The standard InChI is InChI=1S/C3H6.C2H4.3CH2O3/c1-3-2;1-2;3*2-1(3)4/h3H,1H2,2H3;1-2H2;3*(H2,2,3,4). The smallest absolute Gasteiger partial charge is 0.450 e. The van der Waals surface area contributed by atoms with Crippen LogP contribution >= 0.6 is 0 Å². The van der Waals surface area contributed by atoms with E-state index in [1.54, 1.807) is 6.08 Å². The van der Waals surface area contributed by atoms with Gasteiger partial charge in [0.05, 0.1) is 0 Å². The third-order valence-corrected chi connectivity index (χ3v) is 0. The molecule has 0 aromatic rings. The predicted octanol–water partition coefficient (Wildman–Crippen LogP) is 2.66. The van der Waals surface area contributed by atoms with Gasteiger partial charge in [0.25, 0.3) is 0 Å². The van der Waals surface area contributed by atoms with E-state index in [0.717, 1.165) is 0 Å². The maximum absolute atomic E-state index is 8.56. The van der Waals surface area contributed by atoms with Gasteiger partial charge < -0.3 is 30.6 Å². The molecule has 0 aromatic heterocycles. The van der Waals surface area contributed by atoms with E-state index < -0.39 is 18.5 Å². The molecule has 9 heteroatoms. The van der Waals surface area contributed by atoms with Crippen LogP contribution in [-0.2, 0) is 0 Å². The molecule has 17 heavy (non-hydrogen) atoms. The summed E-state index contributed by atoms with van der Waals surface area (Å²) in [5.41, 5.74) is 0. The first-order valence-electron chi connectivity index (χ1n) is 3.44. The molecule has 0 heterocycles. The molecule has 0 aliphatic heterocycles. The number of rotatable bonds is 0. The van der Waals surface area contributed by atoms with Crippen LogP contribution in [0.25, 0.3) is 0 Å². The third kappa shape index (κ3) is 231. The van der Waals surface area contributed by atoms with Gasteiger partial charge in [-0.1, -0.05) is 6.08 Å². The molecule has 0 radical (unpaired) electrons. The van der Waals surface area contributed by atoms with Crippen LogP contribution in [0.4, 0.5) is 14.4 Å². The van der Waals surface area contributed by atoms with Crippen molar-refractivity contribution in [3.05, 3.63) is 25.8 Å². The molecule has 9 nitrogen and oxygen atoms in total. The molecule has 0 rings (SSSR count). The minimum Gasteiger partial charge on any atom is -0.450 e. The molecule has 0 aliphatic rings. The average molecular weight is 256 g/mol. The van der Waals surface area contributed by atoms with Crippen LogP contribution in [0.5, 0.6) is 0 Å². The lowest BCUT2D eigenvalue weighted by Gasteiger charge is -1.60.